The Morgan fingerprint density at radius 3 is 1.84 bits per heavy atom. The van der Waals surface area contributed by atoms with E-state index in [0.717, 1.165) is 19.3 Å². The Bertz CT molecular complexity index is 703. The van der Waals surface area contributed by atoms with Crippen molar-refractivity contribution in [2.24, 2.45) is 5.92 Å². The third kappa shape index (κ3) is 6.76. The Hall–Kier alpha value is -1.46. The highest BCUT2D eigenvalue weighted by Crippen LogP contribution is 2.37. The van der Waals surface area contributed by atoms with Crippen LogP contribution < -0.4 is 10.4 Å². The Morgan fingerprint density at radius 2 is 1.42 bits per heavy atom. The third-order valence-corrected chi connectivity index (χ3v) is 11.2. The van der Waals surface area contributed by atoms with E-state index in [-0.39, 0.29) is 17.2 Å². The highest BCUT2D eigenvalue weighted by Gasteiger charge is 2.50. The van der Waals surface area contributed by atoms with Crippen molar-refractivity contribution in [3.63, 3.8) is 0 Å². The molecule has 3 nitrogen and oxygen atoms in total. The summed E-state index contributed by atoms with van der Waals surface area (Å²) < 4.78 is 12.7. The number of ether oxygens (including phenoxy) is 1. The molecule has 0 fully saturated rings. The van der Waals surface area contributed by atoms with Crippen LogP contribution in [0.25, 0.3) is 0 Å². The van der Waals surface area contributed by atoms with E-state index < -0.39 is 8.32 Å². The van der Waals surface area contributed by atoms with Gasteiger partial charge in [0.2, 0.25) is 0 Å². The summed E-state index contributed by atoms with van der Waals surface area (Å²) in [6.45, 7) is 11.9. The molecule has 172 valence electrons. The molecular formula is C27H42O3Si. The topological polar surface area (TPSA) is 38.7 Å². The molecule has 2 rings (SSSR count). The summed E-state index contributed by atoms with van der Waals surface area (Å²) in [5.74, 6) is 0.334. The largest absolute Gasteiger partial charge is 0.407 e. The van der Waals surface area contributed by atoms with Crippen LogP contribution >= 0.6 is 0 Å². The molecule has 0 heterocycles. The van der Waals surface area contributed by atoms with Crippen LogP contribution in [0.4, 0.5) is 0 Å². The van der Waals surface area contributed by atoms with E-state index >= 15 is 0 Å². The molecule has 0 radical (unpaired) electrons. The van der Waals surface area contributed by atoms with Gasteiger partial charge in [0.25, 0.3) is 8.32 Å². The molecule has 1 N–H and O–H groups in total. The first-order chi connectivity index (χ1) is 14.7. The maximum Gasteiger partial charge on any atom is 0.261 e. The summed E-state index contributed by atoms with van der Waals surface area (Å²) in [4.78, 5) is 0. The molecule has 3 atom stereocenters. The van der Waals surface area contributed by atoms with Crippen LogP contribution in [0, 0.1) is 5.92 Å². The van der Waals surface area contributed by atoms with Crippen molar-refractivity contribution >= 4 is 18.7 Å². The number of methoxy groups -OCH3 is 1. The average molecular weight is 443 g/mol. The number of hydrogen-bond acceptors (Lipinski definition) is 3. The minimum absolute atomic E-state index is 0.0204. The lowest BCUT2D eigenvalue weighted by Crippen LogP contribution is -2.66. The molecule has 2 aromatic carbocycles. The van der Waals surface area contributed by atoms with Gasteiger partial charge in [-0.25, -0.2) is 0 Å². The van der Waals surface area contributed by atoms with Gasteiger partial charge < -0.3 is 14.3 Å². The molecule has 0 aromatic heterocycles. The maximum atomic E-state index is 10.2. The summed E-state index contributed by atoms with van der Waals surface area (Å²) in [6.07, 6.45) is 3.15. The molecule has 0 aliphatic carbocycles. The van der Waals surface area contributed by atoms with Crippen molar-refractivity contribution in [3.8, 4) is 0 Å². The van der Waals surface area contributed by atoms with Crippen molar-refractivity contribution < 1.29 is 14.3 Å². The number of aliphatic hydroxyl groups is 1. The average Bonchev–Trinajstić information content (AvgIpc) is 2.74. The van der Waals surface area contributed by atoms with Crippen LogP contribution in [0.1, 0.15) is 60.3 Å². The van der Waals surface area contributed by atoms with Crippen molar-refractivity contribution in [1.29, 1.82) is 0 Å². The first kappa shape index (κ1) is 25.8. The summed E-state index contributed by atoms with van der Waals surface area (Å²) in [6, 6.07) is 21.5. The second-order valence-electron chi connectivity index (χ2n) is 9.85. The summed E-state index contributed by atoms with van der Waals surface area (Å²) >= 11 is 0. The van der Waals surface area contributed by atoms with Crippen LogP contribution in [0.2, 0.25) is 5.04 Å². The monoisotopic (exact) mass is 442 g/mol. The molecule has 0 saturated heterocycles. The molecule has 0 aliphatic heterocycles. The van der Waals surface area contributed by atoms with E-state index in [0.29, 0.717) is 18.9 Å². The molecule has 4 heteroatoms. The maximum absolute atomic E-state index is 10.2. The van der Waals surface area contributed by atoms with Gasteiger partial charge in [-0.05, 0) is 40.6 Å². The summed E-state index contributed by atoms with van der Waals surface area (Å²) in [5, 5.41) is 12.8. The third-order valence-electron chi connectivity index (χ3n) is 6.16. The molecule has 0 aliphatic rings. The lowest BCUT2D eigenvalue weighted by molar-refractivity contribution is 0.0243. The second kappa shape index (κ2) is 12.0. The van der Waals surface area contributed by atoms with Crippen LogP contribution in [-0.2, 0) is 9.16 Å². The Kier molecular flexibility index (Phi) is 9.95. The van der Waals surface area contributed by atoms with Crippen molar-refractivity contribution in [1.82, 2.24) is 0 Å². The van der Waals surface area contributed by atoms with Crippen molar-refractivity contribution in [2.75, 3.05) is 13.7 Å². The minimum atomic E-state index is -2.51. The summed E-state index contributed by atoms with van der Waals surface area (Å²) in [5.41, 5.74) is 0. The number of hydrogen-bond donors (Lipinski definition) is 1. The number of benzene rings is 2. The van der Waals surface area contributed by atoms with Gasteiger partial charge in [-0.2, -0.15) is 0 Å². The highest BCUT2D eigenvalue weighted by molar-refractivity contribution is 6.99. The Balaban J connectivity index is 2.26. The number of aliphatic hydroxyl groups excluding tert-OH is 1. The van der Waals surface area contributed by atoms with E-state index in [1.165, 1.54) is 10.4 Å². The zero-order valence-corrected chi connectivity index (χ0v) is 21.3. The van der Waals surface area contributed by atoms with Crippen LogP contribution in [0.15, 0.2) is 60.7 Å². The number of rotatable bonds is 12. The van der Waals surface area contributed by atoms with Gasteiger partial charge >= 0.3 is 0 Å². The highest BCUT2D eigenvalue weighted by atomic mass is 28.4. The van der Waals surface area contributed by atoms with Gasteiger partial charge in [0.15, 0.2) is 0 Å². The van der Waals surface area contributed by atoms with Gasteiger partial charge in [-0.3, -0.25) is 0 Å². The zero-order valence-electron chi connectivity index (χ0n) is 20.3. The lowest BCUT2D eigenvalue weighted by Gasteiger charge is -2.43. The molecule has 2 aromatic rings. The van der Waals surface area contributed by atoms with Crippen molar-refractivity contribution in [2.45, 2.75) is 77.5 Å². The predicted molar refractivity (Wildman–Crippen MR) is 134 cm³/mol. The Labute approximate surface area is 190 Å². The van der Waals surface area contributed by atoms with Gasteiger partial charge in [-0.1, -0.05) is 102 Å². The zero-order chi connectivity index (χ0) is 22.9. The first-order valence-electron chi connectivity index (χ1n) is 11.7. The van der Waals surface area contributed by atoms with E-state index in [1.54, 1.807) is 7.11 Å². The van der Waals surface area contributed by atoms with Crippen molar-refractivity contribution in [3.05, 3.63) is 60.7 Å². The van der Waals surface area contributed by atoms with E-state index in [4.69, 9.17) is 9.16 Å². The second-order valence-corrected chi connectivity index (χ2v) is 14.2. The lowest BCUT2D eigenvalue weighted by atomic mass is 9.98. The smallest absolute Gasteiger partial charge is 0.261 e. The molecule has 0 unspecified atom stereocenters. The van der Waals surface area contributed by atoms with Gasteiger partial charge in [0, 0.05) is 13.7 Å². The quantitative estimate of drug-likeness (QED) is 0.462. The van der Waals surface area contributed by atoms with Crippen LogP contribution in [0.5, 0.6) is 0 Å². The predicted octanol–water partition coefficient (Wildman–Crippen LogP) is 5.16. The van der Waals surface area contributed by atoms with Crippen LogP contribution in [-0.4, -0.2) is 39.3 Å². The molecule has 0 spiro atoms. The minimum Gasteiger partial charge on any atom is -0.407 e. The van der Waals surface area contributed by atoms with E-state index in [9.17, 15) is 5.11 Å². The van der Waals surface area contributed by atoms with E-state index in [2.05, 4.69) is 95.3 Å². The standard InChI is InChI=1S/C27H42O3Si/c1-7-14-23(28)20-24(29-6)19-22(2)21-30-31(27(3,4)5,25-15-10-8-11-16-25)26-17-12-9-13-18-26/h8-13,15-18,22-24,28H,7,14,19-21H2,1-6H3/t22-,23-,24-/m0/s1. The molecule has 0 amide bonds. The molecule has 0 saturated carbocycles. The fourth-order valence-corrected chi connectivity index (χ4v) is 9.28. The molecule has 31 heavy (non-hydrogen) atoms. The molecule has 0 bridgehead atoms. The SMILES string of the molecule is CCC[C@H](O)C[C@H](C[C@H](C)CO[Si](c1ccccc1)(c1ccccc1)C(C)(C)C)OC. The summed E-state index contributed by atoms with van der Waals surface area (Å²) in [7, 11) is -0.759. The fourth-order valence-electron chi connectivity index (χ4n) is 4.59. The fraction of sp³-hybridized carbons (Fsp3) is 0.556. The van der Waals surface area contributed by atoms with Gasteiger partial charge in [0.1, 0.15) is 0 Å². The van der Waals surface area contributed by atoms with Crippen LogP contribution in [0.3, 0.4) is 0 Å². The normalized spacial score (nSPS) is 15.5. The van der Waals surface area contributed by atoms with Gasteiger partial charge in [0.05, 0.1) is 12.2 Å². The van der Waals surface area contributed by atoms with E-state index in [1.807, 2.05) is 0 Å². The molecular weight excluding hydrogens is 400 g/mol. The Morgan fingerprint density at radius 1 is 0.903 bits per heavy atom. The first-order valence-corrected chi connectivity index (χ1v) is 13.6. The van der Waals surface area contributed by atoms with Gasteiger partial charge in [-0.15, -0.1) is 0 Å².